The maximum Gasteiger partial charge on any atom is 0.0597 e. The maximum atomic E-state index is 4.51. The SMILES string of the molecule is CCn1nc(C)cc1CN1CCN(CCBr)CC1. The van der Waals surface area contributed by atoms with Crippen LogP contribution in [0, 0.1) is 6.92 Å². The topological polar surface area (TPSA) is 24.3 Å². The summed E-state index contributed by atoms with van der Waals surface area (Å²) in [5.41, 5.74) is 2.48. The van der Waals surface area contributed by atoms with Gasteiger partial charge in [0.25, 0.3) is 0 Å². The number of nitrogens with zero attached hydrogens (tertiary/aromatic N) is 4. The third-order valence-corrected chi connectivity index (χ3v) is 3.89. The molecule has 0 saturated carbocycles. The van der Waals surface area contributed by atoms with Gasteiger partial charge in [0.05, 0.1) is 11.4 Å². The van der Waals surface area contributed by atoms with Gasteiger partial charge < -0.3 is 0 Å². The number of alkyl halides is 1. The first-order valence-electron chi connectivity index (χ1n) is 6.77. The molecule has 0 N–H and O–H groups in total. The van der Waals surface area contributed by atoms with Crippen molar-refractivity contribution in [1.29, 1.82) is 0 Å². The molecule has 18 heavy (non-hydrogen) atoms. The summed E-state index contributed by atoms with van der Waals surface area (Å²) < 4.78 is 2.13. The highest BCUT2D eigenvalue weighted by atomic mass is 79.9. The van der Waals surface area contributed by atoms with Gasteiger partial charge in [-0.05, 0) is 19.9 Å². The van der Waals surface area contributed by atoms with Crippen LogP contribution in [-0.4, -0.2) is 57.6 Å². The number of aryl methyl sites for hydroxylation is 2. The van der Waals surface area contributed by atoms with Gasteiger partial charge >= 0.3 is 0 Å². The van der Waals surface area contributed by atoms with Gasteiger partial charge in [-0.1, -0.05) is 15.9 Å². The van der Waals surface area contributed by atoms with E-state index in [4.69, 9.17) is 0 Å². The molecule has 0 atom stereocenters. The highest BCUT2D eigenvalue weighted by Gasteiger charge is 2.17. The van der Waals surface area contributed by atoms with Crippen molar-refractivity contribution in [2.75, 3.05) is 38.1 Å². The maximum absolute atomic E-state index is 4.51. The molecule has 1 saturated heterocycles. The smallest absolute Gasteiger partial charge is 0.0597 e. The summed E-state index contributed by atoms with van der Waals surface area (Å²) in [6.45, 7) is 12.1. The van der Waals surface area contributed by atoms with E-state index in [2.05, 4.69) is 55.4 Å². The van der Waals surface area contributed by atoms with Crippen molar-refractivity contribution in [2.45, 2.75) is 26.9 Å². The van der Waals surface area contributed by atoms with Crippen LogP contribution >= 0.6 is 15.9 Å². The summed E-state index contributed by atoms with van der Waals surface area (Å²) in [7, 11) is 0. The van der Waals surface area contributed by atoms with Gasteiger partial charge in [0.15, 0.2) is 0 Å². The standard InChI is InChI=1S/C13H23BrN4/c1-3-18-13(10-12(2)15-18)11-17-8-6-16(5-4-14)7-9-17/h10H,3-9,11H2,1-2H3. The van der Waals surface area contributed by atoms with Crippen LogP contribution in [0.1, 0.15) is 18.3 Å². The molecule has 1 aliphatic rings. The van der Waals surface area contributed by atoms with E-state index in [1.165, 1.54) is 38.4 Å². The molecule has 2 heterocycles. The van der Waals surface area contributed by atoms with Crippen molar-refractivity contribution in [1.82, 2.24) is 19.6 Å². The lowest BCUT2D eigenvalue weighted by atomic mass is 10.2. The Labute approximate surface area is 118 Å². The van der Waals surface area contributed by atoms with Crippen molar-refractivity contribution in [3.05, 3.63) is 17.5 Å². The first-order chi connectivity index (χ1) is 8.72. The Kier molecular flexibility index (Phi) is 5.21. The van der Waals surface area contributed by atoms with Gasteiger partial charge in [-0.3, -0.25) is 14.5 Å². The van der Waals surface area contributed by atoms with Crippen LogP contribution in [0.2, 0.25) is 0 Å². The zero-order valence-electron chi connectivity index (χ0n) is 11.4. The molecule has 0 radical (unpaired) electrons. The summed E-state index contributed by atoms with van der Waals surface area (Å²) in [5, 5.41) is 5.59. The quantitative estimate of drug-likeness (QED) is 0.774. The van der Waals surface area contributed by atoms with Gasteiger partial charge in [0, 0.05) is 51.1 Å². The van der Waals surface area contributed by atoms with E-state index in [1.807, 2.05) is 0 Å². The van der Waals surface area contributed by atoms with Gasteiger partial charge in [0.1, 0.15) is 0 Å². The number of hydrogen-bond acceptors (Lipinski definition) is 3. The van der Waals surface area contributed by atoms with Crippen molar-refractivity contribution >= 4 is 15.9 Å². The molecule has 2 rings (SSSR count). The van der Waals surface area contributed by atoms with E-state index >= 15 is 0 Å². The molecular formula is C13H23BrN4. The highest BCUT2D eigenvalue weighted by Crippen LogP contribution is 2.10. The van der Waals surface area contributed by atoms with Crippen LogP contribution in [0.3, 0.4) is 0 Å². The fourth-order valence-electron chi connectivity index (χ4n) is 2.52. The molecule has 0 aromatic carbocycles. The van der Waals surface area contributed by atoms with Gasteiger partial charge in [-0.2, -0.15) is 5.10 Å². The predicted octanol–water partition coefficient (Wildman–Crippen LogP) is 1.72. The average molecular weight is 315 g/mol. The molecule has 0 bridgehead atoms. The second kappa shape index (κ2) is 6.68. The zero-order valence-corrected chi connectivity index (χ0v) is 13.0. The Bertz CT molecular complexity index is 369. The predicted molar refractivity (Wildman–Crippen MR) is 78.1 cm³/mol. The molecule has 1 aliphatic heterocycles. The van der Waals surface area contributed by atoms with E-state index < -0.39 is 0 Å². The van der Waals surface area contributed by atoms with E-state index in [0.29, 0.717) is 0 Å². The number of halogens is 1. The Hall–Kier alpha value is -0.390. The Morgan fingerprint density at radius 3 is 2.50 bits per heavy atom. The lowest BCUT2D eigenvalue weighted by Crippen LogP contribution is -2.46. The zero-order chi connectivity index (χ0) is 13.0. The number of aromatic nitrogens is 2. The van der Waals surface area contributed by atoms with E-state index in [0.717, 1.165) is 24.1 Å². The van der Waals surface area contributed by atoms with Crippen molar-refractivity contribution in [2.24, 2.45) is 0 Å². The molecule has 5 heteroatoms. The molecule has 1 aromatic rings. The molecule has 4 nitrogen and oxygen atoms in total. The number of rotatable bonds is 5. The summed E-state index contributed by atoms with van der Waals surface area (Å²) >= 11 is 3.51. The normalized spacial score (nSPS) is 18.4. The van der Waals surface area contributed by atoms with Gasteiger partial charge in [-0.15, -0.1) is 0 Å². The van der Waals surface area contributed by atoms with Gasteiger partial charge in [0.2, 0.25) is 0 Å². The molecular weight excluding hydrogens is 292 g/mol. The van der Waals surface area contributed by atoms with Gasteiger partial charge in [-0.25, -0.2) is 0 Å². The first-order valence-corrected chi connectivity index (χ1v) is 7.89. The minimum Gasteiger partial charge on any atom is -0.300 e. The van der Waals surface area contributed by atoms with Crippen LogP contribution in [0.5, 0.6) is 0 Å². The average Bonchev–Trinajstić information content (AvgIpc) is 2.72. The van der Waals surface area contributed by atoms with Crippen molar-refractivity contribution in [3.8, 4) is 0 Å². The second-order valence-electron chi connectivity index (χ2n) is 4.90. The minimum absolute atomic E-state index is 0.965. The van der Waals surface area contributed by atoms with Crippen LogP contribution in [0.25, 0.3) is 0 Å². The van der Waals surface area contributed by atoms with E-state index in [-0.39, 0.29) is 0 Å². The summed E-state index contributed by atoms with van der Waals surface area (Å²) in [5.74, 6) is 0. The molecule has 1 aromatic heterocycles. The lowest BCUT2D eigenvalue weighted by Gasteiger charge is -2.34. The minimum atomic E-state index is 0.965. The highest BCUT2D eigenvalue weighted by molar-refractivity contribution is 9.09. The molecule has 0 spiro atoms. The van der Waals surface area contributed by atoms with E-state index in [9.17, 15) is 0 Å². The van der Waals surface area contributed by atoms with Crippen molar-refractivity contribution < 1.29 is 0 Å². The molecule has 0 unspecified atom stereocenters. The Morgan fingerprint density at radius 2 is 1.89 bits per heavy atom. The van der Waals surface area contributed by atoms with Crippen LogP contribution in [0.4, 0.5) is 0 Å². The van der Waals surface area contributed by atoms with E-state index in [1.54, 1.807) is 0 Å². The molecule has 1 fully saturated rings. The number of piperazine rings is 1. The van der Waals surface area contributed by atoms with Crippen LogP contribution in [0.15, 0.2) is 6.07 Å². The van der Waals surface area contributed by atoms with Crippen LogP contribution < -0.4 is 0 Å². The van der Waals surface area contributed by atoms with Crippen LogP contribution in [-0.2, 0) is 13.1 Å². The Balaban J connectivity index is 1.87. The second-order valence-corrected chi connectivity index (χ2v) is 5.69. The number of hydrogen-bond donors (Lipinski definition) is 0. The first kappa shape index (κ1) is 14.0. The third-order valence-electron chi connectivity index (χ3n) is 3.54. The fourth-order valence-corrected chi connectivity index (χ4v) is 3.02. The Morgan fingerprint density at radius 1 is 1.22 bits per heavy atom. The molecule has 102 valence electrons. The monoisotopic (exact) mass is 314 g/mol. The van der Waals surface area contributed by atoms with Crippen molar-refractivity contribution in [3.63, 3.8) is 0 Å². The largest absolute Gasteiger partial charge is 0.300 e. The molecule has 0 amide bonds. The third kappa shape index (κ3) is 3.56. The summed E-state index contributed by atoms with van der Waals surface area (Å²) in [6.07, 6.45) is 0. The summed E-state index contributed by atoms with van der Waals surface area (Å²) in [6, 6.07) is 2.22. The molecule has 0 aliphatic carbocycles. The summed E-state index contributed by atoms with van der Waals surface area (Å²) in [4.78, 5) is 5.06. The lowest BCUT2D eigenvalue weighted by molar-refractivity contribution is 0.130. The fraction of sp³-hybridized carbons (Fsp3) is 0.769.